The Hall–Kier alpha value is -2.63. The topological polar surface area (TPSA) is 78.9 Å². The number of allylic oxidation sites excluding steroid dienone is 6. The summed E-state index contributed by atoms with van der Waals surface area (Å²) in [5.74, 6) is -1.70. The third kappa shape index (κ3) is 48.4. The molecule has 0 saturated heterocycles. The minimum Gasteiger partial charge on any atom is -0.427 e. The highest BCUT2D eigenvalue weighted by Crippen LogP contribution is 2.16. The zero-order valence-electron chi connectivity index (χ0n) is 41.2. The van der Waals surface area contributed by atoms with Crippen LogP contribution in [0, 0.1) is 0 Å². The maximum Gasteiger partial charge on any atom is 0.332 e. The van der Waals surface area contributed by atoms with E-state index in [1.165, 1.54) is 154 Å². The summed E-state index contributed by atoms with van der Waals surface area (Å²) in [5.41, 5.74) is 0. The third-order valence-corrected chi connectivity index (χ3v) is 11.6. The predicted octanol–water partition coefficient (Wildman–Crippen LogP) is 18.5. The lowest BCUT2D eigenvalue weighted by Gasteiger charge is -2.10. The Kier molecular flexibility index (Phi) is 48.8. The molecule has 0 bridgehead atoms. The number of ether oxygens (including phenoxy) is 3. The van der Waals surface area contributed by atoms with Crippen molar-refractivity contribution in [2.75, 3.05) is 0 Å². The third-order valence-electron chi connectivity index (χ3n) is 11.6. The van der Waals surface area contributed by atoms with Crippen molar-refractivity contribution < 1.29 is 28.6 Å². The fourth-order valence-corrected chi connectivity index (χ4v) is 7.59. The zero-order valence-corrected chi connectivity index (χ0v) is 41.2. The first-order valence-electron chi connectivity index (χ1n) is 26.8. The van der Waals surface area contributed by atoms with Gasteiger partial charge in [-0.05, 0) is 96.3 Å². The van der Waals surface area contributed by atoms with Gasteiger partial charge in [0, 0.05) is 19.3 Å². The minimum atomic E-state index is -0.476. The maximum absolute atomic E-state index is 12.7. The van der Waals surface area contributed by atoms with Crippen molar-refractivity contribution in [3.63, 3.8) is 0 Å². The van der Waals surface area contributed by atoms with Crippen molar-refractivity contribution in [3.8, 4) is 0 Å². The lowest BCUT2D eigenvalue weighted by molar-refractivity contribution is -0.156. The summed E-state index contributed by atoms with van der Waals surface area (Å²) in [5, 5.41) is 0. The Morgan fingerprint density at radius 1 is 0.290 bits per heavy atom. The van der Waals surface area contributed by atoms with Gasteiger partial charge in [0.1, 0.15) is 0 Å². The first kappa shape index (κ1) is 59.4. The molecule has 0 amide bonds. The van der Waals surface area contributed by atoms with E-state index in [4.69, 9.17) is 14.2 Å². The van der Waals surface area contributed by atoms with Crippen LogP contribution in [-0.4, -0.2) is 17.9 Å². The van der Waals surface area contributed by atoms with Crippen molar-refractivity contribution >= 4 is 17.9 Å². The highest BCUT2D eigenvalue weighted by molar-refractivity contribution is 5.73. The SMILES string of the molecule is CCCCCCCC/C=C\CCCCCCCC(=O)OC=C(OC(=O)CCCCCCC/C=C\CCCCCCCC)OC(=O)CCCCCCC/C=C\CCCCCCCC. The van der Waals surface area contributed by atoms with Crippen molar-refractivity contribution in [2.24, 2.45) is 0 Å². The average molecular weight is 869 g/mol. The largest absolute Gasteiger partial charge is 0.427 e. The molecule has 0 unspecified atom stereocenters. The van der Waals surface area contributed by atoms with E-state index in [1.54, 1.807) is 0 Å². The summed E-state index contributed by atoms with van der Waals surface area (Å²) >= 11 is 0. The van der Waals surface area contributed by atoms with E-state index in [0.29, 0.717) is 12.8 Å². The standard InChI is InChI=1S/C56H100O6/c1-4-7-10-13-16-19-22-25-28-31-34-37-40-43-46-49-53(57)60-52-56(61-54(58)50-47-44-41-38-35-32-29-26-23-20-17-14-11-8-5-2)62-55(59)51-48-45-42-39-36-33-30-27-24-21-18-15-12-9-6-3/h25-30,52H,4-24,31-51H2,1-3H3/b28-25-,29-26-,30-27-. The number of hydrogen-bond acceptors (Lipinski definition) is 6. The molecule has 6 nitrogen and oxygen atoms in total. The molecule has 360 valence electrons. The number of carbonyl (C=O) groups is 3. The van der Waals surface area contributed by atoms with Crippen LogP contribution in [0.15, 0.2) is 48.7 Å². The minimum absolute atomic E-state index is 0.226. The van der Waals surface area contributed by atoms with Gasteiger partial charge in [0.2, 0.25) is 0 Å². The molecule has 0 aromatic heterocycles. The van der Waals surface area contributed by atoms with Crippen LogP contribution in [-0.2, 0) is 28.6 Å². The zero-order chi connectivity index (χ0) is 45.1. The molecule has 0 aliphatic rings. The maximum atomic E-state index is 12.7. The van der Waals surface area contributed by atoms with Crippen LogP contribution in [0.1, 0.15) is 290 Å². The molecule has 0 saturated carbocycles. The quantitative estimate of drug-likeness (QED) is 0.0262. The summed E-state index contributed by atoms with van der Waals surface area (Å²) in [6, 6.07) is 0. The van der Waals surface area contributed by atoms with E-state index >= 15 is 0 Å². The molecule has 0 N–H and O–H groups in total. The van der Waals surface area contributed by atoms with Crippen molar-refractivity contribution in [1.29, 1.82) is 0 Å². The first-order valence-corrected chi connectivity index (χ1v) is 26.8. The van der Waals surface area contributed by atoms with Crippen molar-refractivity contribution in [2.45, 2.75) is 290 Å². The second-order valence-electron chi connectivity index (χ2n) is 17.9. The molecule has 0 aliphatic heterocycles. The summed E-state index contributed by atoms with van der Waals surface area (Å²) in [6.07, 6.45) is 61.9. The molecular weight excluding hydrogens is 769 g/mol. The molecule has 0 heterocycles. The normalized spacial score (nSPS) is 11.6. The predicted molar refractivity (Wildman–Crippen MR) is 265 cm³/mol. The molecule has 0 aliphatic carbocycles. The fourth-order valence-electron chi connectivity index (χ4n) is 7.59. The number of hydrogen-bond donors (Lipinski definition) is 0. The van der Waals surface area contributed by atoms with E-state index in [0.717, 1.165) is 89.7 Å². The summed E-state index contributed by atoms with van der Waals surface area (Å²) in [7, 11) is 0. The van der Waals surface area contributed by atoms with Gasteiger partial charge < -0.3 is 14.2 Å². The van der Waals surface area contributed by atoms with Crippen LogP contribution in [0.3, 0.4) is 0 Å². The van der Waals surface area contributed by atoms with Gasteiger partial charge in [-0.1, -0.05) is 211 Å². The summed E-state index contributed by atoms with van der Waals surface area (Å²) in [4.78, 5) is 38.0. The number of unbranched alkanes of at least 4 members (excludes halogenated alkanes) is 33. The average Bonchev–Trinajstić information content (AvgIpc) is 3.26. The van der Waals surface area contributed by atoms with Crippen LogP contribution in [0.25, 0.3) is 0 Å². The molecule has 0 rings (SSSR count). The van der Waals surface area contributed by atoms with Crippen LogP contribution >= 0.6 is 0 Å². The lowest BCUT2D eigenvalue weighted by Crippen LogP contribution is -2.12. The van der Waals surface area contributed by atoms with Crippen LogP contribution < -0.4 is 0 Å². The van der Waals surface area contributed by atoms with E-state index in [9.17, 15) is 14.4 Å². The highest BCUT2D eigenvalue weighted by atomic mass is 16.7. The van der Waals surface area contributed by atoms with Gasteiger partial charge in [0.15, 0.2) is 6.26 Å². The Labute approximate surface area is 384 Å². The van der Waals surface area contributed by atoms with E-state index in [1.807, 2.05) is 0 Å². The monoisotopic (exact) mass is 869 g/mol. The fraction of sp³-hybridized carbons (Fsp3) is 0.804. The summed E-state index contributed by atoms with van der Waals surface area (Å²) in [6.45, 7) is 6.78. The Morgan fingerprint density at radius 2 is 0.516 bits per heavy atom. The molecule has 0 atom stereocenters. The highest BCUT2D eigenvalue weighted by Gasteiger charge is 2.15. The van der Waals surface area contributed by atoms with E-state index < -0.39 is 17.9 Å². The molecular formula is C56H100O6. The van der Waals surface area contributed by atoms with Crippen LogP contribution in [0.2, 0.25) is 0 Å². The Balaban J connectivity index is 4.48. The van der Waals surface area contributed by atoms with Gasteiger partial charge in [-0.15, -0.1) is 0 Å². The van der Waals surface area contributed by atoms with Crippen LogP contribution in [0.4, 0.5) is 0 Å². The number of esters is 3. The van der Waals surface area contributed by atoms with Crippen molar-refractivity contribution in [1.82, 2.24) is 0 Å². The molecule has 0 fully saturated rings. The smallest absolute Gasteiger partial charge is 0.332 e. The van der Waals surface area contributed by atoms with Gasteiger partial charge >= 0.3 is 23.9 Å². The van der Waals surface area contributed by atoms with E-state index in [-0.39, 0.29) is 25.2 Å². The van der Waals surface area contributed by atoms with E-state index in [2.05, 4.69) is 57.2 Å². The first-order chi connectivity index (χ1) is 30.5. The Morgan fingerprint density at radius 3 is 0.790 bits per heavy atom. The van der Waals surface area contributed by atoms with Gasteiger partial charge in [0.25, 0.3) is 0 Å². The second-order valence-corrected chi connectivity index (χ2v) is 17.9. The lowest BCUT2D eigenvalue weighted by atomic mass is 10.1. The molecule has 0 spiro atoms. The molecule has 62 heavy (non-hydrogen) atoms. The number of carbonyl (C=O) groups excluding carboxylic acids is 3. The van der Waals surface area contributed by atoms with Gasteiger partial charge in [-0.25, -0.2) is 0 Å². The van der Waals surface area contributed by atoms with Crippen LogP contribution in [0.5, 0.6) is 0 Å². The van der Waals surface area contributed by atoms with Gasteiger partial charge in [0.05, 0.1) is 0 Å². The van der Waals surface area contributed by atoms with Crippen molar-refractivity contribution in [3.05, 3.63) is 48.7 Å². The number of rotatable bonds is 48. The molecule has 0 aromatic rings. The second kappa shape index (κ2) is 51.0. The molecule has 6 heteroatoms. The molecule has 0 aromatic carbocycles. The van der Waals surface area contributed by atoms with Gasteiger partial charge in [-0.2, -0.15) is 0 Å². The Bertz CT molecular complexity index is 1050. The summed E-state index contributed by atoms with van der Waals surface area (Å²) < 4.78 is 16.2. The van der Waals surface area contributed by atoms with Gasteiger partial charge in [-0.3, -0.25) is 14.4 Å². The molecule has 0 radical (unpaired) electrons.